The topological polar surface area (TPSA) is 169 Å². The van der Waals surface area contributed by atoms with Gasteiger partial charge in [0.15, 0.2) is 0 Å². The second kappa shape index (κ2) is 11.7. The molecular formula is C24H19N5O7. The van der Waals surface area contributed by atoms with Crippen molar-refractivity contribution in [2.75, 3.05) is 10.6 Å². The summed E-state index contributed by atoms with van der Waals surface area (Å²) in [6, 6.07) is 17.6. The number of amides is 3. The maximum atomic E-state index is 12.5. The number of carbonyl (C=O) groups is 4. The predicted octanol–water partition coefficient (Wildman–Crippen LogP) is 2.86. The first-order chi connectivity index (χ1) is 17.2. The molecule has 0 unspecified atom stereocenters. The van der Waals surface area contributed by atoms with E-state index in [4.69, 9.17) is 4.74 Å². The van der Waals surface area contributed by atoms with E-state index in [-0.39, 0.29) is 22.8 Å². The van der Waals surface area contributed by atoms with Gasteiger partial charge in [0.2, 0.25) is 5.91 Å². The zero-order valence-electron chi connectivity index (χ0n) is 18.8. The molecule has 0 saturated heterocycles. The van der Waals surface area contributed by atoms with Gasteiger partial charge in [-0.1, -0.05) is 24.3 Å². The van der Waals surface area contributed by atoms with Gasteiger partial charge in [-0.3, -0.25) is 24.5 Å². The third kappa shape index (κ3) is 6.81. The molecular weight excluding hydrogens is 470 g/mol. The fraction of sp³-hybridized carbons (Fsp3) is 0.0417. The number of para-hydroxylation sites is 2. The van der Waals surface area contributed by atoms with E-state index in [1.54, 1.807) is 24.3 Å². The smallest absolute Gasteiger partial charge is 0.350 e. The van der Waals surface area contributed by atoms with Crippen LogP contribution in [-0.2, 0) is 14.4 Å². The summed E-state index contributed by atoms with van der Waals surface area (Å²) in [5.74, 6) is -3.22. The van der Waals surface area contributed by atoms with E-state index in [9.17, 15) is 29.3 Å². The summed E-state index contributed by atoms with van der Waals surface area (Å²) >= 11 is 0. The zero-order valence-corrected chi connectivity index (χ0v) is 18.8. The Balaban J connectivity index is 1.62. The lowest BCUT2D eigenvalue weighted by molar-refractivity contribution is -0.385. The summed E-state index contributed by atoms with van der Waals surface area (Å²) in [4.78, 5) is 58.2. The highest BCUT2D eigenvalue weighted by atomic mass is 16.6. The SMILES string of the molecule is CC(=O)Nc1ccc(NC(=O)C(=O)N/N=C/c2ccccc2OC(=O)c2ccccc2[N+](=O)[O-])cc1. The van der Waals surface area contributed by atoms with Gasteiger partial charge in [-0.2, -0.15) is 5.10 Å². The maximum Gasteiger partial charge on any atom is 0.350 e. The summed E-state index contributed by atoms with van der Waals surface area (Å²) in [5.41, 5.74) is 2.53. The van der Waals surface area contributed by atoms with Crippen LogP contribution in [0.3, 0.4) is 0 Å². The van der Waals surface area contributed by atoms with Crippen LogP contribution in [-0.4, -0.2) is 34.8 Å². The van der Waals surface area contributed by atoms with Crippen molar-refractivity contribution >= 4 is 47.0 Å². The van der Waals surface area contributed by atoms with Crippen LogP contribution in [0, 0.1) is 10.1 Å². The Morgan fingerprint density at radius 3 is 2.14 bits per heavy atom. The van der Waals surface area contributed by atoms with Gasteiger partial charge in [-0.25, -0.2) is 10.2 Å². The van der Waals surface area contributed by atoms with E-state index in [1.807, 2.05) is 0 Å². The second-order valence-corrected chi connectivity index (χ2v) is 7.11. The van der Waals surface area contributed by atoms with Crippen LogP contribution >= 0.6 is 0 Å². The molecule has 0 saturated carbocycles. The number of anilines is 2. The molecule has 3 rings (SSSR count). The van der Waals surface area contributed by atoms with Crippen LogP contribution in [0.5, 0.6) is 5.75 Å². The van der Waals surface area contributed by atoms with Gasteiger partial charge in [0, 0.05) is 29.9 Å². The number of ether oxygens (including phenoxy) is 1. The van der Waals surface area contributed by atoms with Crippen LogP contribution in [0.4, 0.5) is 17.1 Å². The molecule has 12 heteroatoms. The molecule has 0 radical (unpaired) electrons. The highest BCUT2D eigenvalue weighted by molar-refractivity contribution is 6.39. The number of esters is 1. The molecule has 3 aromatic rings. The van der Waals surface area contributed by atoms with Crippen molar-refractivity contribution in [1.82, 2.24) is 5.43 Å². The minimum atomic E-state index is -1.06. The Bertz CT molecular complexity index is 1350. The lowest BCUT2D eigenvalue weighted by Crippen LogP contribution is -2.32. The number of nitro groups is 1. The number of nitrogens with one attached hydrogen (secondary N) is 3. The van der Waals surface area contributed by atoms with Gasteiger partial charge in [-0.15, -0.1) is 0 Å². The number of nitrogens with zero attached hydrogens (tertiary/aromatic N) is 2. The van der Waals surface area contributed by atoms with E-state index in [0.717, 1.165) is 6.21 Å². The second-order valence-electron chi connectivity index (χ2n) is 7.11. The Labute approximate surface area is 204 Å². The van der Waals surface area contributed by atoms with E-state index < -0.39 is 28.4 Å². The molecule has 36 heavy (non-hydrogen) atoms. The average molecular weight is 489 g/mol. The lowest BCUT2D eigenvalue weighted by Gasteiger charge is -2.08. The number of benzene rings is 3. The summed E-state index contributed by atoms with van der Waals surface area (Å²) in [6.07, 6.45) is 1.15. The summed E-state index contributed by atoms with van der Waals surface area (Å²) in [6.45, 7) is 1.36. The largest absolute Gasteiger partial charge is 0.422 e. The Hall–Kier alpha value is -5.39. The summed E-state index contributed by atoms with van der Waals surface area (Å²) < 4.78 is 5.29. The van der Waals surface area contributed by atoms with Crippen molar-refractivity contribution in [3.63, 3.8) is 0 Å². The van der Waals surface area contributed by atoms with E-state index in [1.165, 1.54) is 55.5 Å². The predicted molar refractivity (Wildman–Crippen MR) is 130 cm³/mol. The quantitative estimate of drug-likeness (QED) is 0.114. The number of hydrazone groups is 1. The molecule has 3 amide bonds. The number of hydrogen-bond acceptors (Lipinski definition) is 8. The molecule has 0 atom stereocenters. The maximum absolute atomic E-state index is 12.5. The average Bonchev–Trinajstić information content (AvgIpc) is 2.85. The molecule has 0 aromatic heterocycles. The summed E-state index contributed by atoms with van der Waals surface area (Å²) in [5, 5.41) is 19.8. The molecule has 3 N–H and O–H groups in total. The van der Waals surface area contributed by atoms with Crippen molar-refractivity contribution < 1.29 is 28.8 Å². The van der Waals surface area contributed by atoms with Crippen LogP contribution in [0.15, 0.2) is 77.9 Å². The van der Waals surface area contributed by atoms with Gasteiger partial charge in [-0.05, 0) is 42.5 Å². The van der Waals surface area contributed by atoms with Crippen LogP contribution in [0.1, 0.15) is 22.8 Å². The van der Waals surface area contributed by atoms with Crippen molar-refractivity contribution in [1.29, 1.82) is 0 Å². The first kappa shape index (κ1) is 25.2. The first-order valence-electron chi connectivity index (χ1n) is 10.3. The van der Waals surface area contributed by atoms with Gasteiger partial charge < -0.3 is 15.4 Å². The van der Waals surface area contributed by atoms with Crippen LogP contribution in [0.25, 0.3) is 0 Å². The number of rotatable bonds is 7. The van der Waals surface area contributed by atoms with Crippen LogP contribution < -0.4 is 20.8 Å². The number of nitro benzene ring substituents is 1. The van der Waals surface area contributed by atoms with Crippen molar-refractivity contribution in [3.05, 3.63) is 94.0 Å². The van der Waals surface area contributed by atoms with Gasteiger partial charge in [0.25, 0.3) is 5.69 Å². The van der Waals surface area contributed by atoms with Crippen molar-refractivity contribution in [2.24, 2.45) is 5.10 Å². The monoisotopic (exact) mass is 489 g/mol. The molecule has 182 valence electrons. The molecule has 0 bridgehead atoms. The van der Waals surface area contributed by atoms with Gasteiger partial charge in [0.1, 0.15) is 11.3 Å². The van der Waals surface area contributed by atoms with E-state index in [0.29, 0.717) is 11.4 Å². The minimum Gasteiger partial charge on any atom is -0.422 e. The van der Waals surface area contributed by atoms with E-state index >= 15 is 0 Å². The van der Waals surface area contributed by atoms with Gasteiger partial charge >= 0.3 is 17.8 Å². The Morgan fingerprint density at radius 2 is 1.47 bits per heavy atom. The Morgan fingerprint density at radius 1 is 0.861 bits per heavy atom. The normalized spacial score (nSPS) is 10.4. The highest BCUT2D eigenvalue weighted by Crippen LogP contribution is 2.22. The Kier molecular flexibility index (Phi) is 8.17. The fourth-order valence-electron chi connectivity index (χ4n) is 2.88. The molecule has 3 aromatic carbocycles. The van der Waals surface area contributed by atoms with Crippen molar-refractivity contribution in [2.45, 2.75) is 6.92 Å². The summed E-state index contributed by atoms with van der Waals surface area (Å²) in [7, 11) is 0. The van der Waals surface area contributed by atoms with Gasteiger partial charge in [0.05, 0.1) is 11.1 Å². The molecule has 12 nitrogen and oxygen atoms in total. The molecule has 0 aliphatic heterocycles. The molecule has 0 aliphatic carbocycles. The van der Waals surface area contributed by atoms with Crippen molar-refractivity contribution in [3.8, 4) is 5.75 Å². The molecule has 0 heterocycles. The third-order valence-electron chi connectivity index (χ3n) is 4.48. The standard InChI is InChI=1S/C24H19N5O7/c1-15(30)26-17-10-12-18(13-11-17)27-22(31)23(32)28-25-14-16-6-2-5-9-21(16)36-24(33)19-7-3-4-8-20(19)29(34)35/h2-14H,1H3,(H,26,30)(H,27,31)(H,28,32)/b25-14+. The number of hydrogen-bond donors (Lipinski definition) is 3. The third-order valence-corrected chi connectivity index (χ3v) is 4.48. The molecule has 0 spiro atoms. The molecule has 0 fully saturated rings. The minimum absolute atomic E-state index is 0.0300. The highest BCUT2D eigenvalue weighted by Gasteiger charge is 2.21. The van der Waals surface area contributed by atoms with Crippen LogP contribution in [0.2, 0.25) is 0 Å². The number of carbonyl (C=O) groups excluding carboxylic acids is 4. The first-order valence-corrected chi connectivity index (χ1v) is 10.3. The fourth-order valence-corrected chi connectivity index (χ4v) is 2.88. The zero-order chi connectivity index (χ0) is 26.1. The lowest BCUT2D eigenvalue weighted by atomic mass is 10.2. The molecule has 0 aliphatic rings. The van der Waals surface area contributed by atoms with E-state index in [2.05, 4.69) is 21.2 Å².